The van der Waals surface area contributed by atoms with E-state index in [-0.39, 0.29) is 16.7 Å². The highest BCUT2D eigenvalue weighted by molar-refractivity contribution is 6.17. The van der Waals surface area contributed by atoms with Crippen molar-refractivity contribution in [1.82, 2.24) is 27.4 Å². The summed E-state index contributed by atoms with van der Waals surface area (Å²) in [5, 5.41) is 22.7. The van der Waals surface area contributed by atoms with Crippen LogP contribution in [0.5, 0.6) is 0 Å². The SMILES string of the molecule is N#Cc1cccc(-c2cc(-n3c4cc(-n5c6ccccc6c6ccccc65)ccc4c4ccc(-n5c6ccccc6c6ccccc65)cc43)c(-n3c4cc(-n5c6ccccc6c6ccccc65)ccc4c4ccc(-n5c6ccccc6c6ccccc65)cc43)cc2C(F)(F)F)c1. The highest BCUT2D eigenvalue weighted by atomic mass is 19.4. The van der Waals surface area contributed by atoms with Crippen LogP contribution in [0.25, 0.3) is 176 Å². The first kappa shape index (κ1) is 53.8. The average Bonchev–Trinajstić information content (AvgIpc) is 1.53. The molecule has 20 rings (SSSR count). The first-order valence-corrected chi connectivity index (χ1v) is 32.1. The van der Waals surface area contributed by atoms with E-state index in [1.54, 1.807) is 30.3 Å². The van der Waals surface area contributed by atoms with Crippen molar-refractivity contribution in [3.8, 4) is 51.3 Å². The molecule has 0 fully saturated rings. The third kappa shape index (κ3) is 7.65. The molecule has 6 aromatic heterocycles. The van der Waals surface area contributed by atoms with Crippen LogP contribution in [0.3, 0.4) is 0 Å². The quantitative estimate of drug-likeness (QED) is 0.157. The van der Waals surface area contributed by atoms with Gasteiger partial charge in [0.1, 0.15) is 0 Å². The van der Waals surface area contributed by atoms with E-state index >= 15 is 13.2 Å². The third-order valence-corrected chi connectivity index (χ3v) is 20.0. The monoisotopic (exact) mass is 1240 g/mol. The van der Waals surface area contributed by atoms with Crippen molar-refractivity contribution in [2.75, 3.05) is 0 Å². The Morgan fingerprint density at radius 3 is 0.771 bits per heavy atom. The first-order chi connectivity index (χ1) is 47.2. The summed E-state index contributed by atoms with van der Waals surface area (Å²) in [7, 11) is 0. The van der Waals surface area contributed by atoms with Crippen LogP contribution in [-0.2, 0) is 6.18 Å². The van der Waals surface area contributed by atoms with Crippen LogP contribution in [-0.4, -0.2) is 27.4 Å². The van der Waals surface area contributed by atoms with Crippen LogP contribution >= 0.6 is 0 Å². The van der Waals surface area contributed by atoms with Crippen LogP contribution in [0.4, 0.5) is 13.2 Å². The van der Waals surface area contributed by atoms with E-state index in [1.807, 2.05) is 24.3 Å². The number of nitriles is 1. The van der Waals surface area contributed by atoms with Gasteiger partial charge in [0, 0.05) is 87.4 Å². The molecule has 0 radical (unpaired) electrons. The van der Waals surface area contributed by atoms with Crippen LogP contribution in [0, 0.1) is 11.3 Å². The van der Waals surface area contributed by atoms with Crippen molar-refractivity contribution in [3.05, 3.63) is 314 Å². The Kier molecular flexibility index (Phi) is 11.3. The van der Waals surface area contributed by atoms with Crippen molar-refractivity contribution in [2.45, 2.75) is 6.18 Å². The molecule has 0 saturated carbocycles. The highest BCUT2D eigenvalue weighted by Crippen LogP contribution is 2.48. The Labute approximate surface area is 545 Å². The maximum Gasteiger partial charge on any atom is 0.417 e. The van der Waals surface area contributed by atoms with Gasteiger partial charge in [-0.25, -0.2) is 0 Å². The van der Waals surface area contributed by atoms with Gasteiger partial charge in [-0.05, 0) is 132 Å². The van der Waals surface area contributed by atoms with Crippen molar-refractivity contribution < 1.29 is 13.2 Å². The van der Waals surface area contributed by atoms with E-state index in [1.165, 1.54) is 6.07 Å². The summed E-state index contributed by atoms with van der Waals surface area (Å²) in [6.45, 7) is 0. The van der Waals surface area contributed by atoms with E-state index < -0.39 is 11.7 Å². The number of alkyl halides is 3. The minimum absolute atomic E-state index is 0.0665. The van der Waals surface area contributed by atoms with E-state index in [0.717, 1.165) is 143 Å². The molecule has 0 aliphatic rings. The summed E-state index contributed by atoms with van der Waals surface area (Å²) in [6, 6.07) is 105. The average molecular weight is 1240 g/mol. The normalized spacial score (nSPS) is 12.3. The van der Waals surface area contributed by atoms with Gasteiger partial charge in [0.2, 0.25) is 0 Å². The van der Waals surface area contributed by atoms with Gasteiger partial charge in [-0.15, -0.1) is 0 Å². The molecular formula is C86H50F3N7. The molecule has 0 saturated heterocycles. The van der Waals surface area contributed by atoms with E-state index in [0.29, 0.717) is 22.4 Å². The summed E-state index contributed by atoms with van der Waals surface area (Å²) >= 11 is 0. The third-order valence-electron chi connectivity index (χ3n) is 20.0. The summed E-state index contributed by atoms with van der Waals surface area (Å²) in [5.41, 5.74) is 14.9. The number of rotatable bonds is 7. The Bertz CT molecular complexity index is 6240. The number of halogens is 3. The molecule has 6 heterocycles. The molecule has 0 unspecified atom stereocenters. The second-order valence-corrected chi connectivity index (χ2v) is 25.0. The fourth-order valence-electron chi connectivity index (χ4n) is 16.0. The number of nitrogens with zero attached hydrogens (tertiary/aromatic N) is 7. The number of hydrogen-bond acceptors (Lipinski definition) is 1. The zero-order valence-corrected chi connectivity index (χ0v) is 51.1. The maximum atomic E-state index is 17.1. The molecule has 450 valence electrons. The zero-order chi connectivity index (χ0) is 63.7. The van der Waals surface area contributed by atoms with Gasteiger partial charge < -0.3 is 27.4 Å². The van der Waals surface area contributed by atoms with Crippen molar-refractivity contribution in [2.24, 2.45) is 0 Å². The minimum Gasteiger partial charge on any atom is -0.309 e. The standard InChI is InChI=1S/C86H50F3N7/c87-86(88,89)71-50-85(96-82-47-56(93-76-32-13-5-24-62(76)63-25-6-14-33-77(63)93)38-42-68(82)69-43-39-57(48-83(69)96)94-78-34-15-7-26-64(78)65-27-8-16-35-79(65)94)84(49-70(71)53-19-17-18-52(44-53)51-90)95-80-45-54(91-72-28-9-1-20-58(72)59-21-2-10-29-73(59)91)36-40-66(80)67-41-37-55(46-81(67)95)92-74-30-11-3-22-60(74)61-23-4-12-31-75(61)92/h1-50H. The van der Waals surface area contributed by atoms with Gasteiger partial charge in [-0.2, -0.15) is 18.4 Å². The van der Waals surface area contributed by atoms with E-state index in [9.17, 15) is 5.26 Å². The lowest BCUT2D eigenvalue weighted by molar-refractivity contribution is -0.137. The number of fused-ring (bicyclic) bond motifs is 18. The topological polar surface area (TPSA) is 53.4 Å². The Morgan fingerprint density at radius 2 is 0.500 bits per heavy atom. The molecule has 0 N–H and O–H groups in total. The lowest BCUT2D eigenvalue weighted by atomic mass is 9.95. The van der Waals surface area contributed by atoms with Crippen molar-refractivity contribution >= 4 is 131 Å². The van der Waals surface area contributed by atoms with E-state index in [4.69, 9.17) is 0 Å². The summed E-state index contributed by atoms with van der Waals surface area (Å²) in [6.07, 6.45) is -4.89. The molecule has 20 aromatic rings. The molecule has 7 nitrogen and oxygen atoms in total. The molecule has 0 atom stereocenters. The predicted molar refractivity (Wildman–Crippen MR) is 388 cm³/mol. The molecule has 0 aliphatic carbocycles. The zero-order valence-electron chi connectivity index (χ0n) is 51.1. The van der Waals surface area contributed by atoms with E-state index in [2.05, 4.69) is 276 Å². The molecular weight excluding hydrogens is 1190 g/mol. The van der Waals surface area contributed by atoms with Crippen LogP contribution in [0.1, 0.15) is 11.1 Å². The summed E-state index contributed by atoms with van der Waals surface area (Å²) in [4.78, 5) is 0. The maximum absolute atomic E-state index is 17.1. The number of benzene rings is 14. The predicted octanol–water partition coefficient (Wildman–Crippen LogP) is 22.8. The Hall–Kier alpha value is -12.8. The molecule has 0 bridgehead atoms. The largest absolute Gasteiger partial charge is 0.417 e. The van der Waals surface area contributed by atoms with Gasteiger partial charge in [0.15, 0.2) is 0 Å². The molecule has 0 amide bonds. The smallest absolute Gasteiger partial charge is 0.309 e. The van der Waals surface area contributed by atoms with Crippen LogP contribution in [0.2, 0.25) is 0 Å². The fraction of sp³-hybridized carbons (Fsp3) is 0.0116. The van der Waals surface area contributed by atoms with Crippen molar-refractivity contribution in [3.63, 3.8) is 0 Å². The first-order valence-electron chi connectivity index (χ1n) is 32.1. The number of aromatic nitrogens is 6. The Morgan fingerprint density at radius 1 is 0.240 bits per heavy atom. The fourth-order valence-corrected chi connectivity index (χ4v) is 16.0. The lowest BCUT2D eigenvalue weighted by Crippen LogP contribution is -2.12. The molecule has 0 spiro atoms. The van der Waals surface area contributed by atoms with Gasteiger partial charge in [-0.3, -0.25) is 0 Å². The van der Waals surface area contributed by atoms with Gasteiger partial charge in [0.05, 0.1) is 94.8 Å². The summed E-state index contributed by atoms with van der Waals surface area (Å²) < 4.78 is 64.6. The highest BCUT2D eigenvalue weighted by Gasteiger charge is 2.37. The number of hydrogen-bond donors (Lipinski definition) is 0. The molecule has 14 aromatic carbocycles. The molecule has 10 heteroatoms. The van der Waals surface area contributed by atoms with Gasteiger partial charge >= 0.3 is 6.18 Å². The van der Waals surface area contributed by atoms with Crippen LogP contribution in [0.15, 0.2) is 303 Å². The van der Waals surface area contributed by atoms with Gasteiger partial charge in [-0.1, -0.05) is 182 Å². The van der Waals surface area contributed by atoms with Gasteiger partial charge in [0.25, 0.3) is 0 Å². The molecule has 0 aliphatic heterocycles. The second-order valence-electron chi connectivity index (χ2n) is 25.0. The van der Waals surface area contributed by atoms with Crippen LogP contribution < -0.4 is 0 Å². The summed E-state index contributed by atoms with van der Waals surface area (Å²) in [5.74, 6) is 0. The second kappa shape index (κ2) is 20.1. The Balaban J connectivity index is 0.976. The lowest BCUT2D eigenvalue weighted by Gasteiger charge is -2.23. The van der Waals surface area contributed by atoms with Crippen molar-refractivity contribution in [1.29, 1.82) is 5.26 Å². The minimum atomic E-state index is -4.89. The number of para-hydroxylation sites is 8. The molecule has 96 heavy (non-hydrogen) atoms.